The third kappa shape index (κ3) is 3.03. The van der Waals surface area contributed by atoms with Gasteiger partial charge in [0.25, 0.3) is 0 Å². The fourth-order valence-electron chi connectivity index (χ4n) is 2.39. The van der Waals surface area contributed by atoms with Gasteiger partial charge in [0.05, 0.1) is 0 Å². The second-order valence-corrected chi connectivity index (χ2v) is 5.34. The Morgan fingerprint density at radius 3 is 2.40 bits per heavy atom. The molecule has 20 heavy (non-hydrogen) atoms. The normalized spacial score (nSPS) is 10.9. The molecule has 0 saturated carbocycles. The molecule has 0 atom stereocenters. The van der Waals surface area contributed by atoms with Crippen molar-refractivity contribution >= 4 is 0 Å². The van der Waals surface area contributed by atoms with Gasteiger partial charge in [-0.3, -0.25) is 4.68 Å². The van der Waals surface area contributed by atoms with E-state index in [1.165, 1.54) is 5.56 Å². The molecule has 0 radical (unpaired) electrons. The number of benzene rings is 1. The molecule has 0 saturated heterocycles. The maximum Gasteiger partial charge on any atom is 0.164 e. The summed E-state index contributed by atoms with van der Waals surface area (Å²) in [6.07, 6.45) is 4.02. The summed E-state index contributed by atoms with van der Waals surface area (Å²) in [4.78, 5) is 0. The van der Waals surface area contributed by atoms with Crippen molar-refractivity contribution in [3.05, 3.63) is 35.5 Å². The lowest BCUT2D eigenvalue weighted by molar-refractivity contribution is 0.468. The van der Waals surface area contributed by atoms with Gasteiger partial charge in [-0.15, -0.1) is 0 Å². The van der Waals surface area contributed by atoms with Crippen molar-refractivity contribution < 1.29 is 5.11 Å². The Morgan fingerprint density at radius 2 is 1.80 bits per heavy atom. The van der Waals surface area contributed by atoms with Gasteiger partial charge in [-0.05, 0) is 26.2 Å². The molecule has 0 fully saturated rings. The maximum absolute atomic E-state index is 10.5. The lowest BCUT2D eigenvalue weighted by Gasteiger charge is -2.06. The van der Waals surface area contributed by atoms with Gasteiger partial charge in [0.2, 0.25) is 0 Å². The van der Waals surface area contributed by atoms with Crippen molar-refractivity contribution in [2.24, 2.45) is 0 Å². The summed E-state index contributed by atoms with van der Waals surface area (Å²) in [6, 6.07) is 8.26. The van der Waals surface area contributed by atoms with Crippen LogP contribution < -0.4 is 0 Å². The summed E-state index contributed by atoms with van der Waals surface area (Å²) in [7, 11) is 0. The largest absolute Gasteiger partial charge is 0.504 e. The highest BCUT2D eigenvalue weighted by atomic mass is 16.3. The van der Waals surface area contributed by atoms with E-state index < -0.39 is 0 Å². The molecule has 1 N–H and O–H groups in total. The smallest absolute Gasteiger partial charge is 0.164 e. The number of aromatic nitrogens is 2. The quantitative estimate of drug-likeness (QED) is 0.850. The fourth-order valence-corrected chi connectivity index (χ4v) is 2.39. The lowest BCUT2D eigenvalue weighted by Crippen LogP contribution is -2.02. The highest BCUT2D eigenvalue weighted by Crippen LogP contribution is 2.33. The second kappa shape index (κ2) is 6.60. The molecule has 0 aliphatic carbocycles. The molecule has 108 valence electrons. The van der Waals surface area contributed by atoms with Crippen LogP contribution in [-0.4, -0.2) is 14.9 Å². The topological polar surface area (TPSA) is 38.0 Å². The Morgan fingerprint density at radius 1 is 1.10 bits per heavy atom. The number of hydrogen-bond donors (Lipinski definition) is 1. The molecular weight excluding hydrogens is 248 g/mol. The Bertz CT molecular complexity index is 555. The first-order chi connectivity index (χ1) is 9.67. The molecule has 1 heterocycles. The van der Waals surface area contributed by atoms with Crippen molar-refractivity contribution in [2.75, 3.05) is 0 Å². The minimum atomic E-state index is 0.357. The minimum Gasteiger partial charge on any atom is -0.504 e. The monoisotopic (exact) mass is 272 g/mol. The van der Waals surface area contributed by atoms with E-state index in [9.17, 15) is 5.11 Å². The van der Waals surface area contributed by atoms with Crippen molar-refractivity contribution in [3.8, 4) is 17.0 Å². The van der Waals surface area contributed by atoms with E-state index in [0.29, 0.717) is 5.75 Å². The Labute approximate surface area is 121 Å². The minimum absolute atomic E-state index is 0.357. The van der Waals surface area contributed by atoms with Gasteiger partial charge in [-0.1, -0.05) is 50.1 Å². The van der Waals surface area contributed by atoms with Gasteiger partial charge < -0.3 is 5.11 Å². The second-order valence-electron chi connectivity index (χ2n) is 5.34. The van der Waals surface area contributed by atoms with Crippen LogP contribution in [0.5, 0.6) is 5.75 Å². The van der Waals surface area contributed by atoms with E-state index in [4.69, 9.17) is 0 Å². The number of aryl methyl sites for hydroxylation is 3. The maximum atomic E-state index is 10.5. The van der Waals surface area contributed by atoms with Crippen LogP contribution in [0, 0.1) is 6.92 Å². The lowest BCUT2D eigenvalue weighted by atomic mass is 10.1. The summed E-state index contributed by atoms with van der Waals surface area (Å²) in [5.74, 6) is 0.357. The summed E-state index contributed by atoms with van der Waals surface area (Å²) < 4.78 is 1.95. The van der Waals surface area contributed by atoms with E-state index in [2.05, 4.69) is 50.1 Å². The Balaban J connectivity index is 2.43. The standard InChI is InChI=1S/C17H24N2O/c1-4-6-7-15-17(20)16(19(18-15)12-5-2)14-10-8-13(3)9-11-14/h8-11,20H,4-7,12H2,1-3H3. The molecule has 0 amide bonds. The third-order valence-electron chi connectivity index (χ3n) is 3.52. The van der Waals surface area contributed by atoms with Crippen molar-refractivity contribution in [3.63, 3.8) is 0 Å². The fraction of sp³-hybridized carbons (Fsp3) is 0.471. The predicted molar refractivity (Wildman–Crippen MR) is 83.0 cm³/mol. The zero-order chi connectivity index (χ0) is 14.5. The van der Waals surface area contributed by atoms with Gasteiger partial charge in [0.15, 0.2) is 5.75 Å². The average Bonchev–Trinajstić information content (AvgIpc) is 2.74. The van der Waals surface area contributed by atoms with Crippen LogP contribution in [0.4, 0.5) is 0 Å². The molecule has 0 bridgehead atoms. The van der Waals surface area contributed by atoms with Crippen LogP contribution in [0.25, 0.3) is 11.3 Å². The average molecular weight is 272 g/mol. The van der Waals surface area contributed by atoms with Crippen molar-refractivity contribution in [1.29, 1.82) is 0 Å². The highest BCUT2D eigenvalue weighted by molar-refractivity contribution is 5.68. The molecule has 0 unspecified atom stereocenters. The van der Waals surface area contributed by atoms with Crippen LogP contribution in [0.2, 0.25) is 0 Å². The molecule has 1 aromatic heterocycles. The highest BCUT2D eigenvalue weighted by Gasteiger charge is 2.17. The molecule has 3 heteroatoms. The zero-order valence-corrected chi connectivity index (χ0v) is 12.7. The van der Waals surface area contributed by atoms with Crippen molar-refractivity contribution in [1.82, 2.24) is 9.78 Å². The van der Waals surface area contributed by atoms with E-state index in [1.54, 1.807) is 0 Å². The third-order valence-corrected chi connectivity index (χ3v) is 3.52. The van der Waals surface area contributed by atoms with Gasteiger partial charge in [0, 0.05) is 12.1 Å². The van der Waals surface area contributed by atoms with Gasteiger partial charge in [-0.2, -0.15) is 5.10 Å². The molecule has 0 aliphatic heterocycles. The van der Waals surface area contributed by atoms with E-state index in [0.717, 1.165) is 49.2 Å². The molecule has 3 nitrogen and oxygen atoms in total. The van der Waals surface area contributed by atoms with E-state index in [-0.39, 0.29) is 0 Å². The number of aromatic hydroxyl groups is 1. The molecule has 2 rings (SSSR count). The van der Waals surface area contributed by atoms with Crippen LogP contribution in [0.15, 0.2) is 24.3 Å². The molecule has 0 aliphatic rings. The first kappa shape index (κ1) is 14.6. The zero-order valence-electron chi connectivity index (χ0n) is 12.7. The van der Waals surface area contributed by atoms with E-state index >= 15 is 0 Å². The van der Waals surface area contributed by atoms with Crippen LogP contribution >= 0.6 is 0 Å². The number of nitrogens with zero attached hydrogens (tertiary/aromatic N) is 2. The van der Waals surface area contributed by atoms with Gasteiger partial charge in [0.1, 0.15) is 11.4 Å². The molecular formula is C17H24N2O. The van der Waals surface area contributed by atoms with Crippen molar-refractivity contribution in [2.45, 2.75) is 53.0 Å². The SMILES string of the molecule is CCCCc1nn(CCC)c(-c2ccc(C)cc2)c1O. The van der Waals surface area contributed by atoms with Gasteiger partial charge in [-0.25, -0.2) is 0 Å². The number of unbranched alkanes of at least 4 members (excludes halogenated alkanes) is 1. The first-order valence-electron chi connectivity index (χ1n) is 7.53. The molecule has 2 aromatic rings. The number of hydrogen-bond acceptors (Lipinski definition) is 2. The molecule has 1 aromatic carbocycles. The summed E-state index contributed by atoms with van der Waals surface area (Å²) in [5.41, 5.74) is 3.95. The molecule has 0 spiro atoms. The van der Waals surface area contributed by atoms with E-state index in [1.807, 2.05) is 4.68 Å². The van der Waals surface area contributed by atoms with Crippen LogP contribution in [0.1, 0.15) is 44.4 Å². The summed E-state index contributed by atoms with van der Waals surface area (Å²) >= 11 is 0. The predicted octanol–water partition coefficient (Wildman–Crippen LogP) is 4.32. The number of rotatable bonds is 6. The van der Waals surface area contributed by atoms with Gasteiger partial charge >= 0.3 is 0 Å². The summed E-state index contributed by atoms with van der Waals surface area (Å²) in [5, 5.41) is 15.1. The Kier molecular flexibility index (Phi) is 4.83. The summed E-state index contributed by atoms with van der Waals surface area (Å²) in [6.45, 7) is 7.19. The van der Waals surface area contributed by atoms with Crippen LogP contribution in [0.3, 0.4) is 0 Å². The first-order valence-corrected chi connectivity index (χ1v) is 7.53. The Hall–Kier alpha value is -1.77. The van der Waals surface area contributed by atoms with Crippen LogP contribution in [-0.2, 0) is 13.0 Å².